The average Bonchev–Trinajstić information content (AvgIpc) is 3.71. The zero-order valence-corrected chi connectivity index (χ0v) is 27.8. The minimum atomic E-state index is 0.183. The van der Waals surface area contributed by atoms with Crippen LogP contribution in [0.25, 0.3) is 0 Å². The van der Waals surface area contributed by atoms with Crippen molar-refractivity contribution in [3.05, 3.63) is 131 Å². The molecule has 8 heteroatoms. The van der Waals surface area contributed by atoms with Gasteiger partial charge in [0.05, 0.1) is 70.7 Å². The molecule has 0 aromatic heterocycles. The monoisotopic (exact) mass is 652 g/mol. The Labute approximate surface area is 293 Å². The molecule has 0 amide bonds. The van der Waals surface area contributed by atoms with E-state index in [1.165, 1.54) is 0 Å². The highest BCUT2D eigenvalue weighted by molar-refractivity contribution is 5.77. The maximum absolute atomic E-state index is 9.70. The van der Waals surface area contributed by atoms with Gasteiger partial charge in [0.25, 0.3) is 0 Å². The summed E-state index contributed by atoms with van der Waals surface area (Å²) in [6.45, 7) is 0. The Morgan fingerprint density at radius 3 is 0.720 bits per heavy atom. The second kappa shape index (κ2) is 13.0. The van der Waals surface area contributed by atoms with Gasteiger partial charge in [-0.2, -0.15) is 21.0 Å². The van der Waals surface area contributed by atoms with Crippen molar-refractivity contribution < 1.29 is 0 Å². The summed E-state index contributed by atoms with van der Waals surface area (Å²) in [6, 6.07) is 41.8. The molecule has 4 aliphatic rings. The molecule has 4 aromatic carbocycles. The van der Waals surface area contributed by atoms with Gasteiger partial charge in [0, 0.05) is 22.7 Å². The van der Waals surface area contributed by atoms with E-state index in [4.69, 9.17) is 0 Å². The highest BCUT2D eigenvalue weighted by Gasteiger charge is 2.53. The first-order valence-corrected chi connectivity index (χ1v) is 17.6. The Morgan fingerprint density at radius 2 is 0.540 bits per heavy atom. The van der Waals surface area contributed by atoms with Crippen molar-refractivity contribution >= 4 is 22.7 Å². The molecule has 8 rings (SSSR count). The van der Waals surface area contributed by atoms with Crippen molar-refractivity contribution in [1.82, 2.24) is 0 Å². The van der Waals surface area contributed by atoms with Gasteiger partial charge in [-0.15, -0.1) is 0 Å². The summed E-state index contributed by atoms with van der Waals surface area (Å²) >= 11 is 0. The third-order valence-electron chi connectivity index (χ3n) is 10.9. The van der Waals surface area contributed by atoms with Crippen LogP contribution in [-0.4, -0.2) is 24.2 Å². The predicted molar refractivity (Wildman–Crippen MR) is 194 cm³/mol. The number of benzene rings is 4. The molecule has 0 N–H and O–H groups in total. The second-order valence-corrected chi connectivity index (χ2v) is 13.6. The molecule has 8 nitrogen and oxygen atoms in total. The topological polar surface area (TPSA) is 108 Å². The van der Waals surface area contributed by atoms with Gasteiger partial charge >= 0.3 is 0 Å². The first kappa shape index (κ1) is 31.1. The largest absolute Gasteiger partial charge is 0.320 e. The van der Waals surface area contributed by atoms with Crippen LogP contribution < -0.4 is 19.6 Å². The lowest BCUT2D eigenvalue weighted by Crippen LogP contribution is -2.40. The number of hydrogen-bond donors (Lipinski definition) is 0. The van der Waals surface area contributed by atoms with E-state index in [2.05, 4.69) is 92.4 Å². The van der Waals surface area contributed by atoms with Crippen molar-refractivity contribution in [2.24, 2.45) is 0 Å². The molecule has 50 heavy (non-hydrogen) atoms. The van der Waals surface area contributed by atoms with E-state index in [1.807, 2.05) is 48.5 Å². The van der Waals surface area contributed by atoms with E-state index in [0.29, 0.717) is 22.3 Å². The maximum Gasteiger partial charge on any atom is 0.156 e. The molecule has 4 fully saturated rings. The fraction of sp³-hybridized carbons (Fsp3) is 0.286. The second-order valence-electron chi connectivity index (χ2n) is 13.6. The van der Waals surface area contributed by atoms with Gasteiger partial charge in [-0.1, -0.05) is 25.7 Å². The minimum absolute atomic E-state index is 0.183. The number of rotatable bonds is 4. The van der Waals surface area contributed by atoms with E-state index in [0.717, 1.165) is 85.8 Å². The van der Waals surface area contributed by atoms with Crippen molar-refractivity contribution in [2.75, 3.05) is 19.6 Å². The molecular formula is C42H36N8. The normalized spacial score (nSPS) is 22.6. The van der Waals surface area contributed by atoms with E-state index in [1.54, 1.807) is 0 Å². The number of nitriles is 4. The fourth-order valence-corrected chi connectivity index (χ4v) is 8.72. The van der Waals surface area contributed by atoms with Gasteiger partial charge in [-0.25, -0.2) is 0 Å². The SMILES string of the molecule is N#Cc1ccc(N2C(=C3N(c4ccc(C#N)cc4)C4CCCCC4N3c3ccc(C#N)cc3)N(c3ccc(C#N)cc3)C3CCCCC32)cc1. The van der Waals surface area contributed by atoms with Gasteiger partial charge < -0.3 is 19.6 Å². The molecule has 0 bridgehead atoms. The number of fused-ring (bicyclic) bond motifs is 2. The average molecular weight is 653 g/mol. The molecule has 4 atom stereocenters. The molecule has 4 unspecified atom stereocenters. The summed E-state index contributed by atoms with van der Waals surface area (Å²) in [4.78, 5) is 10.1. The number of anilines is 4. The first-order valence-electron chi connectivity index (χ1n) is 17.6. The third kappa shape index (κ3) is 5.18. The molecule has 2 aliphatic carbocycles. The lowest BCUT2D eigenvalue weighted by molar-refractivity contribution is 0.409. The summed E-state index contributed by atoms with van der Waals surface area (Å²) in [5, 5.41) is 38.8. The van der Waals surface area contributed by atoms with Gasteiger partial charge in [0.2, 0.25) is 0 Å². The molecule has 2 aliphatic heterocycles. The van der Waals surface area contributed by atoms with Gasteiger partial charge in [0.15, 0.2) is 11.6 Å². The van der Waals surface area contributed by atoms with Crippen LogP contribution >= 0.6 is 0 Å². The summed E-state index contributed by atoms with van der Waals surface area (Å²) < 4.78 is 0. The van der Waals surface area contributed by atoms with Crippen molar-refractivity contribution in [3.63, 3.8) is 0 Å². The molecule has 4 aromatic rings. The Balaban J connectivity index is 1.46. The Bertz CT molecular complexity index is 1790. The number of nitrogens with zero attached hydrogens (tertiary/aromatic N) is 8. The van der Waals surface area contributed by atoms with Gasteiger partial charge in [-0.3, -0.25) is 0 Å². The van der Waals surface area contributed by atoms with Crippen LogP contribution in [0.4, 0.5) is 22.7 Å². The fourth-order valence-electron chi connectivity index (χ4n) is 8.72. The summed E-state index contributed by atoms with van der Waals surface area (Å²) in [5.41, 5.74) is 6.63. The van der Waals surface area contributed by atoms with Crippen molar-refractivity contribution in [2.45, 2.75) is 75.5 Å². The summed E-state index contributed by atoms with van der Waals surface area (Å²) in [6.07, 6.45) is 8.60. The van der Waals surface area contributed by atoms with Crippen LogP contribution in [-0.2, 0) is 0 Å². The smallest absolute Gasteiger partial charge is 0.156 e. The summed E-state index contributed by atoms with van der Waals surface area (Å²) in [5.74, 6) is 2.14. The van der Waals surface area contributed by atoms with Crippen molar-refractivity contribution in [3.8, 4) is 24.3 Å². The molecular weight excluding hydrogens is 617 g/mol. The lowest BCUT2D eigenvalue weighted by atomic mass is 9.89. The Morgan fingerprint density at radius 1 is 0.340 bits per heavy atom. The van der Waals surface area contributed by atoms with Crippen LogP contribution in [0.15, 0.2) is 109 Å². The molecule has 2 saturated heterocycles. The zero-order valence-electron chi connectivity index (χ0n) is 27.8. The highest BCUT2D eigenvalue weighted by atomic mass is 15.5. The first-order chi connectivity index (χ1) is 24.6. The van der Waals surface area contributed by atoms with Crippen LogP contribution in [0.3, 0.4) is 0 Å². The quantitative estimate of drug-likeness (QED) is 0.217. The van der Waals surface area contributed by atoms with Crippen LogP contribution in [0.1, 0.15) is 73.6 Å². The molecule has 2 heterocycles. The Hall–Kier alpha value is -6.22. The zero-order chi connectivity index (χ0) is 34.2. The van der Waals surface area contributed by atoms with Crippen LogP contribution in [0.2, 0.25) is 0 Å². The van der Waals surface area contributed by atoms with Gasteiger partial charge in [0.1, 0.15) is 0 Å². The molecule has 2 saturated carbocycles. The molecule has 0 radical (unpaired) electrons. The molecule has 0 spiro atoms. The van der Waals surface area contributed by atoms with Crippen LogP contribution in [0, 0.1) is 45.3 Å². The van der Waals surface area contributed by atoms with Gasteiger partial charge in [-0.05, 0) is 123 Å². The number of hydrogen-bond acceptors (Lipinski definition) is 8. The van der Waals surface area contributed by atoms with E-state index in [-0.39, 0.29) is 24.2 Å². The van der Waals surface area contributed by atoms with E-state index >= 15 is 0 Å². The molecule has 244 valence electrons. The maximum atomic E-state index is 9.70. The highest BCUT2D eigenvalue weighted by Crippen LogP contribution is 2.51. The third-order valence-corrected chi connectivity index (χ3v) is 10.9. The van der Waals surface area contributed by atoms with Crippen molar-refractivity contribution in [1.29, 1.82) is 21.0 Å². The minimum Gasteiger partial charge on any atom is -0.320 e. The van der Waals surface area contributed by atoms with E-state index < -0.39 is 0 Å². The van der Waals surface area contributed by atoms with E-state index in [9.17, 15) is 21.0 Å². The lowest BCUT2D eigenvalue weighted by Gasteiger charge is -2.36. The Kier molecular flexibility index (Phi) is 8.08. The standard InChI is InChI=1S/C42H36N8/c43-25-29-9-17-33(18-10-29)47-37-5-1-2-6-38(37)48(34-19-11-30(26-44)12-20-34)41(47)42-49(35-21-13-31(27-45)14-22-35)39-7-3-4-8-40(39)50(42)36-23-15-32(28-46)16-24-36/h9-24,37-40H,1-8H2. The van der Waals surface area contributed by atoms with Crippen LogP contribution in [0.5, 0.6) is 0 Å². The summed E-state index contributed by atoms with van der Waals surface area (Å²) in [7, 11) is 0. The predicted octanol–water partition coefficient (Wildman–Crippen LogP) is 8.28.